The molecule has 0 saturated carbocycles. The molecular weight excluding hydrogens is 216 g/mol. The predicted molar refractivity (Wildman–Crippen MR) is 54.0 cm³/mol. The second-order valence-corrected chi connectivity index (χ2v) is 2.99. The van der Waals surface area contributed by atoms with Crippen molar-refractivity contribution in [3.63, 3.8) is 0 Å². The van der Waals surface area contributed by atoms with Crippen LogP contribution in [0, 0.1) is 0 Å². The summed E-state index contributed by atoms with van der Waals surface area (Å²) in [7, 11) is 0. The van der Waals surface area contributed by atoms with Crippen molar-refractivity contribution >= 4 is 17.9 Å². The average molecular weight is 228 g/mol. The number of carbonyl (C=O) groups is 3. The second-order valence-electron chi connectivity index (χ2n) is 2.99. The van der Waals surface area contributed by atoms with Crippen LogP contribution in [0.4, 0.5) is 0 Å². The maximum atomic E-state index is 10.7. The fourth-order valence-corrected chi connectivity index (χ4v) is 0.915. The Labute approximate surface area is 91.5 Å². The number of hydrogen-bond acceptors (Lipinski definition) is 3. The molecule has 0 radical (unpaired) electrons. The van der Waals surface area contributed by atoms with Crippen LogP contribution in [-0.2, 0) is 14.4 Å². The van der Waals surface area contributed by atoms with E-state index in [1.54, 1.807) is 0 Å². The number of rotatable bonds is 6. The van der Waals surface area contributed by atoms with Gasteiger partial charge in [0.2, 0.25) is 0 Å². The summed E-state index contributed by atoms with van der Waals surface area (Å²) in [4.78, 5) is 31.4. The lowest BCUT2D eigenvalue weighted by Crippen LogP contribution is -2.08. The van der Waals surface area contributed by atoms with Gasteiger partial charge < -0.3 is 15.3 Å². The number of carboxylic acid groups (broad SMARTS) is 3. The molecule has 0 aromatic rings. The molecule has 0 rings (SSSR count). The lowest BCUT2D eigenvalue weighted by atomic mass is 10.1. The average Bonchev–Trinajstić information content (AvgIpc) is 2.15. The summed E-state index contributed by atoms with van der Waals surface area (Å²) in [5.41, 5.74) is -0.512. The molecule has 16 heavy (non-hydrogen) atoms. The Balaban J connectivity index is 4.67. The van der Waals surface area contributed by atoms with Crippen molar-refractivity contribution in [2.75, 3.05) is 0 Å². The molecule has 6 nitrogen and oxygen atoms in total. The fourth-order valence-electron chi connectivity index (χ4n) is 0.915. The number of allylic oxidation sites excluding steroid dienone is 1. The highest BCUT2D eigenvalue weighted by molar-refractivity contribution is 5.98. The third-order valence-electron chi connectivity index (χ3n) is 1.81. The molecular formula is C10H12O6. The van der Waals surface area contributed by atoms with Crippen LogP contribution in [0.1, 0.15) is 19.8 Å². The van der Waals surface area contributed by atoms with Crippen LogP contribution in [-0.4, -0.2) is 33.2 Å². The van der Waals surface area contributed by atoms with E-state index in [0.717, 1.165) is 0 Å². The Kier molecular flexibility index (Phi) is 5.55. The van der Waals surface area contributed by atoms with Crippen LogP contribution in [0.3, 0.4) is 0 Å². The van der Waals surface area contributed by atoms with Crippen LogP contribution in [0.5, 0.6) is 0 Å². The van der Waals surface area contributed by atoms with Gasteiger partial charge in [0.1, 0.15) is 0 Å². The topological polar surface area (TPSA) is 112 Å². The summed E-state index contributed by atoms with van der Waals surface area (Å²) >= 11 is 0. The van der Waals surface area contributed by atoms with Crippen LogP contribution in [0.15, 0.2) is 23.3 Å². The lowest BCUT2D eigenvalue weighted by molar-refractivity contribution is -0.136. The van der Waals surface area contributed by atoms with Gasteiger partial charge >= 0.3 is 17.9 Å². The zero-order valence-corrected chi connectivity index (χ0v) is 8.64. The number of hydrogen-bond donors (Lipinski definition) is 3. The van der Waals surface area contributed by atoms with Crippen molar-refractivity contribution in [1.29, 1.82) is 0 Å². The maximum absolute atomic E-state index is 10.7. The molecule has 88 valence electrons. The van der Waals surface area contributed by atoms with E-state index in [4.69, 9.17) is 15.3 Å². The molecule has 0 saturated heterocycles. The molecule has 0 fully saturated rings. The molecule has 0 aromatic carbocycles. The standard InChI is InChI=1S/C10H12O6/c1-6(9(13)14)7(10(15)16)4-2-3-5-8(11)12/h2-3H,4-5H2,1H3,(H,11,12)(H,13,14)(H,15,16). The first-order valence-corrected chi connectivity index (χ1v) is 4.39. The minimum atomic E-state index is -1.32. The SMILES string of the molecule is CC(C(=O)O)=C(CC=CCC(=O)O)C(=O)O. The van der Waals surface area contributed by atoms with E-state index in [0.29, 0.717) is 0 Å². The molecule has 0 heterocycles. The van der Waals surface area contributed by atoms with E-state index in [9.17, 15) is 14.4 Å². The van der Waals surface area contributed by atoms with E-state index in [-0.39, 0.29) is 24.0 Å². The Morgan fingerprint density at radius 1 is 0.938 bits per heavy atom. The summed E-state index contributed by atoms with van der Waals surface area (Å²) in [5.74, 6) is -3.66. The van der Waals surface area contributed by atoms with Gasteiger partial charge in [0.05, 0.1) is 12.0 Å². The summed E-state index contributed by atoms with van der Waals surface area (Å²) < 4.78 is 0. The van der Waals surface area contributed by atoms with Crippen LogP contribution in [0.25, 0.3) is 0 Å². The number of aliphatic carboxylic acids is 3. The van der Waals surface area contributed by atoms with Gasteiger partial charge in [-0.1, -0.05) is 12.2 Å². The predicted octanol–water partition coefficient (Wildman–Crippen LogP) is 0.893. The first-order chi connectivity index (χ1) is 7.36. The Bertz CT molecular complexity index is 364. The molecule has 0 amide bonds. The van der Waals surface area contributed by atoms with E-state index in [1.807, 2.05) is 0 Å². The highest BCUT2D eigenvalue weighted by Crippen LogP contribution is 2.10. The molecule has 0 unspecified atom stereocenters. The highest BCUT2D eigenvalue weighted by Gasteiger charge is 2.14. The van der Waals surface area contributed by atoms with Gasteiger partial charge in [-0.05, 0) is 13.3 Å². The third kappa shape index (κ3) is 4.94. The normalized spacial score (nSPS) is 12.3. The van der Waals surface area contributed by atoms with E-state index < -0.39 is 17.9 Å². The summed E-state index contributed by atoms with van der Waals surface area (Å²) in [6, 6.07) is 0. The third-order valence-corrected chi connectivity index (χ3v) is 1.81. The Hall–Kier alpha value is -2.11. The van der Waals surface area contributed by atoms with Gasteiger partial charge in [-0.3, -0.25) is 4.79 Å². The lowest BCUT2D eigenvalue weighted by Gasteiger charge is -2.01. The molecule has 6 heteroatoms. The molecule has 0 atom stereocenters. The molecule has 0 aromatic heterocycles. The van der Waals surface area contributed by atoms with Gasteiger partial charge in [0.25, 0.3) is 0 Å². The molecule has 0 aliphatic rings. The smallest absolute Gasteiger partial charge is 0.332 e. The highest BCUT2D eigenvalue weighted by atomic mass is 16.4. The van der Waals surface area contributed by atoms with Crippen molar-refractivity contribution in [1.82, 2.24) is 0 Å². The van der Waals surface area contributed by atoms with Gasteiger partial charge in [0.15, 0.2) is 0 Å². The summed E-state index contributed by atoms with van der Waals surface area (Å²) in [6.45, 7) is 1.19. The van der Waals surface area contributed by atoms with Gasteiger partial charge in [0, 0.05) is 5.57 Å². The molecule has 0 aliphatic carbocycles. The Morgan fingerprint density at radius 3 is 1.81 bits per heavy atom. The first-order valence-electron chi connectivity index (χ1n) is 4.39. The number of carboxylic acids is 3. The van der Waals surface area contributed by atoms with Crippen LogP contribution in [0.2, 0.25) is 0 Å². The van der Waals surface area contributed by atoms with E-state index >= 15 is 0 Å². The van der Waals surface area contributed by atoms with Gasteiger partial charge in [-0.15, -0.1) is 0 Å². The van der Waals surface area contributed by atoms with Crippen molar-refractivity contribution in [2.24, 2.45) is 0 Å². The maximum Gasteiger partial charge on any atom is 0.332 e. The molecule has 0 bridgehead atoms. The zero-order chi connectivity index (χ0) is 12.7. The van der Waals surface area contributed by atoms with Crippen molar-refractivity contribution < 1.29 is 29.7 Å². The summed E-state index contributed by atoms with van der Waals surface area (Å²) in [6.07, 6.45) is 2.27. The molecule has 3 N–H and O–H groups in total. The first kappa shape index (κ1) is 13.9. The second kappa shape index (κ2) is 6.39. The Morgan fingerprint density at radius 2 is 1.44 bits per heavy atom. The quantitative estimate of drug-likeness (QED) is 0.459. The fraction of sp³-hybridized carbons (Fsp3) is 0.300. The van der Waals surface area contributed by atoms with Gasteiger partial charge in [-0.25, -0.2) is 9.59 Å². The zero-order valence-electron chi connectivity index (χ0n) is 8.64. The minimum absolute atomic E-state index is 0.110. The molecule has 0 spiro atoms. The van der Waals surface area contributed by atoms with Crippen molar-refractivity contribution in [2.45, 2.75) is 19.8 Å². The molecule has 0 aliphatic heterocycles. The summed E-state index contributed by atoms with van der Waals surface area (Å²) in [5, 5.41) is 25.6. The minimum Gasteiger partial charge on any atom is -0.481 e. The van der Waals surface area contributed by atoms with Crippen LogP contribution >= 0.6 is 0 Å². The largest absolute Gasteiger partial charge is 0.481 e. The van der Waals surface area contributed by atoms with E-state index in [2.05, 4.69) is 0 Å². The van der Waals surface area contributed by atoms with E-state index in [1.165, 1.54) is 19.1 Å². The van der Waals surface area contributed by atoms with Crippen molar-refractivity contribution in [3.8, 4) is 0 Å². The van der Waals surface area contributed by atoms with Crippen molar-refractivity contribution in [3.05, 3.63) is 23.3 Å². The van der Waals surface area contributed by atoms with Crippen LogP contribution < -0.4 is 0 Å². The monoisotopic (exact) mass is 228 g/mol. The van der Waals surface area contributed by atoms with Gasteiger partial charge in [-0.2, -0.15) is 0 Å².